The summed E-state index contributed by atoms with van der Waals surface area (Å²) >= 11 is 0. The minimum atomic E-state index is 0.369. The summed E-state index contributed by atoms with van der Waals surface area (Å²) in [4.78, 5) is 0. The fourth-order valence-electron chi connectivity index (χ4n) is 1.02. The second-order valence-corrected chi connectivity index (χ2v) is 2.65. The molecule has 1 aromatic carbocycles. The van der Waals surface area contributed by atoms with Crippen molar-refractivity contribution in [1.29, 1.82) is 5.53 Å². The molecule has 0 aliphatic heterocycles. The summed E-state index contributed by atoms with van der Waals surface area (Å²) in [5, 5.41) is 3.36. The van der Waals surface area contributed by atoms with Gasteiger partial charge in [-0.1, -0.05) is 37.3 Å². The summed E-state index contributed by atoms with van der Waals surface area (Å²) in [6, 6.07) is 10.1. The van der Waals surface area contributed by atoms with Gasteiger partial charge in [-0.15, -0.1) is 0 Å². The Bertz CT molecular complexity index is 218. The maximum atomic E-state index is 6.71. The zero-order valence-corrected chi connectivity index (χ0v) is 6.62. The van der Waals surface area contributed by atoms with E-state index in [2.05, 4.69) is 24.2 Å². The molecule has 1 rings (SSSR count). The fourth-order valence-corrected chi connectivity index (χ4v) is 1.02. The first kappa shape index (κ1) is 7.92. The number of rotatable bonds is 3. The van der Waals surface area contributed by atoms with E-state index in [1.807, 2.05) is 18.2 Å². The van der Waals surface area contributed by atoms with Gasteiger partial charge in [0.2, 0.25) is 0 Å². The van der Waals surface area contributed by atoms with Crippen LogP contribution in [0.2, 0.25) is 0 Å². The fraction of sp³-hybridized carbons (Fsp3) is 0.333. The van der Waals surface area contributed by atoms with E-state index in [0.717, 1.165) is 0 Å². The average Bonchev–Trinajstić information content (AvgIpc) is 2.07. The molecule has 0 amide bonds. The molecule has 0 aromatic heterocycles. The van der Waals surface area contributed by atoms with Crippen molar-refractivity contribution in [2.24, 2.45) is 5.11 Å². The highest BCUT2D eigenvalue weighted by molar-refractivity contribution is 5.18. The Morgan fingerprint density at radius 1 is 1.36 bits per heavy atom. The molecule has 0 radical (unpaired) electrons. The van der Waals surface area contributed by atoms with Gasteiger partial charge in [-0.2, -0.15) is 5.11 Å². The maximum absolute atomic E-state index is 6.71. The molecule has 0 saturated heterocycles. The molecule has 0 aliphatic rings. The third kappa shape index (κ3) is 2.15. The van der Waals surface area contributed by atoms with Crippen molar-refractivity contribution < 1.29 is 0 Å². The van der Waals surface area contributed by atoms with Crippen LogP contribution in [0.1, 0.15) is 18.4 Å². The summed E-state index contributed by atoms with van der Waals surface area (Å²) in [5.41, 5.74) is 7.96. The normalized spacial score (nSPS) is 12.5. The average molecular weight is 148 g/mol. The first-order chi connectivity index (χ1) is 5.34. The Labute approximate surface area is 66.8 Å². The van der Waals surface area contributed by atoms with Gasteiger partial charge in [0.1, 0.15) is 0 Å². The molecular weight excluding hydrogens is 136 g/mol. The summed E-state index contributed by atoms with van der Waals surface area (Å²) in [7, 11) is 0. The standard InChI is InChI=1S/C9H12N2/c1-8(7-11-10)9-5-3-2-4-6-9/h2-6,8,10H,7H2,1H3. The summed E-state index contributed by atoms with van der Waals surface area (Å²) in [6.45, 7) is 2.66. The van der Waals surface area contributed by atoms with E-state index in [-0.39, 0.29) is 0 Å². The number of hydrogen-bond donors (Lipinski definition) is 1. The third-order valence-corrected chi connectivity index (χ3v) is 1.73. The third-order valence-electron chi connectivity index (χ3n) is 1.73. The van der Waals surface area contributed by atoms with Gasteiger partial charge in [0.05, 0.1) is 6.54 Å². The van der Waals surface area contributed by atoms with Crippen LogP contribution < -0.4 is 0 Å². The molecular formula is C9H12N2. The molecule has 0 spiro atoms. The molecule has 2 heteroatoms. The van der Waals surface area contributed by atoms with Crippen molar-refractivity contribution in [2.75, 3.05) is 6.54 Å². The molecule has 2 nitrogen and oxygen atoms in total. The topological polar surface area (TPSA) is 36.2 Å². The molecule has 1 unspecified atom stereocenters. The summed E-state index contributed by atoms with van der Waals surface area (Å²) in [5.74, 6) is 0.369. The quantitative estimate of drug-likeness (QED) is 0.640. The van der Waals surface area contributed by atoms with Gasteiger partial charge in [-0.05, 0) is 5.56 Å². The van der Waals surface area contributed by atoms with Crippen molar-refractivity contribution in [2.45, 2.75) is 12.8 Å². The Kier molecular flexibility index (Phi) is 2.78. The van der Waals surface area contributed by atoms with E-state index in [9.17, 15) is 0 Å². The highest BCUT2D eigenvalue weighted by Crippen LogP contribution is 2.13. The van der Waals surface area contributed by atoms with Crippen LogP contribution >= 0.6 is 0 Å². The second-order valence-electron chi connectivity index (χ2n) is 2.65. The lowest BCUT2D eigenvalue weighted by Gasteiger charge is -2.06. The van der Waals surface area contributed by atoms with Crippen LogP contribution in [-0.4, -0.2) is 6.54 Å². The van der Waals surface area contributed by atoms with Gasteiger partial charge in [0.15, 0.2) is 0 Å². The van der Waals surface area contributed by atoms with Crippen LogP contribution in [0, 0.1) is 5.53 Å². The van der Waals surface area contributed by atoms with Crippen molar-refractivity contribution in [3.63, 3.8) is 0 Å². The number of hydrogen-bond acceptors (Lipinski definition) is 2. The molecule has 1 aromatic rings. The van der Waals surface area contributed by atoms with Crippen LogP contribution in [-0.2, 0) is 0 Å². The molecule has 0 fully saturated rings. The van der Waals surface area contributed by atoms with Crippen LogP contribution in [0.5, 0.6) is 0 Å². The van der Waals surface area contributed by atoms with E-state index in [1.165, 1.54) is 5.56 Å². The van der Waals surface area contributed by atoms with Crippen molar-refractivity contribution >= 4 is 0 Å². The molecule has 0 bridgehead atoms. The zero-order valence-electron chi connectivity index (χ0n) is 6.62. The number of nitrogens with one attached hydrogen (secondary N) is 1. The minimum Gasteiger partial charge on any atom is -0.210 e. The molecule has 1 atom stereocenters. The van der Waals surface area contributed by atoms with Crippen molar-refractivity contribution in [3.8, 4) is 0 Å². The molecule has 58 valence electrons. The predicted molar refractivity (Wildman–Crippen MR) is 44.9 cm³/mol. The Hall–Kier alpha value is -1.18. The van der Waals surface area contributed by atoms with Crippen molar-refractivity contribution in [3.05, 3.63) is 35.9 Å². The number of nitrogens with zero attached hydrogens (tertiary/aromatic N) is 1. The zero-order chi connectivity index (χ0) is 8.10. The Morgan fingerprint density at radius 3 is 2.55 bits per heavy atom. The van der Waals surface area contributed by atoms with Crippen LogP contribution in [0.15, 0.2) is 35.4 Å². The predicted octanol–water partition coefficient (Wildman–Crippen LogP) is 2.82. The summed E-state index contributed by atoms with van der Waals surface area (Å²) < 4.78 is 0. The summed E-state index contributed by atoms with van der Waals surface area (Å²) in [6.07, 6.45) is 0. The van der Waals surface area contributed by atoms with Gasteiger partial charge in [-0.25, -0.2) is 5.53 Å². The van der Waals surface area contributed by atoms with Gasteiger partial charge in [-0.3, -0.25) is 0 Å². The molecule has 1 N–H and O–H groups in total. The highest BCUT2D eigenvalue weighted by Gasteiger charge is 2.01. The maximum Gasteiger partial charge on any atom is 0.0662 e. The Balaban J connectivity index is 2.68. The second kappa shape index (κ2) is 3.86. The van der Waals surface area contributed by atoms with Gasteiger partial charge >= 0.3 is 0 Å². The van der Waals surface area contributed by atoms with E-state index < -0.39 is 0 Å². The Morgan fingerprint density at radius 2 is 2.00 bits per heavy atom. The highest BCUT2D eigenvalue weighted by atomic mass is 14.9. The van der Waals surface area contributed by atoms with E-state index in [1.54, 1.807) is 0 Å². The van der Waals surface area contributed by atoms with Gasteiger partial charge < -0.3 is 0 Å². The van der Waals surface area contributed by atoms with E-state index in [4.69, 9.17) is 5.53 Å². The molecule has 0 saturated carbocycles. The minimum absolute atomic E-state index is 0.369. The van der Waals surface area contributed by atoms with Gasteiger partial charge in [0.25, 0.3) is 0 Å². The molecule has 0 aliphatic carbocycles. The number of benzene rings is 1. The van der Waals surface area contributed by atoms with E-state index in [0.29, 0.717) is 12.5 Å². The lowest BCUT2D eigenvalue weighted by Crippen LogP contribution is -1.95. The lowest BCUT2D eigenvalue weighted by atomic mass is 10.0. The molecule has 0 heterocycles. The molecule has 11 heavy (non-hydrogen) atoms. The smallest absolute Gasteiger partial charge is 0.0662 e. The SMILES string of the molecule is CC(CN=N)c1ccccc1. The lowest BCUT2D eigenvalue weighted by molar-refractivity contribution is 0.730. The van der Waals surface area contributed by atoms with Gasteiger partial charge in [0, 0.05) is 5.92 Å². The first-order valence-corrected chi connectivity index (χ1v) is 3.72. The van der Waals surface area contributed by atoms with Crippen LogP contribution in [0.4, 0.5) is 0 Å². The largest absolute Gasteiger partial charge is 0.210 e. The van der Waals surface area contributed by atoms with Crippen LogP contribution in [0.3, 0.4) is 0 Å². The van der Waals surface area contributed by atoms with Crippen molar-refractivity contribution in [1.82, 2.24) is 0 Å². The van der Waals surface area contributed by atoms with E-state index >= 15 is 0 Å². The monoisotopic (exact) mass is 148 g/mol. The van der Waals surface area contributed by atoms with Crippen LogP contribution in [0.25, 0.3) is 0 Å². The first-order valence-electron chi connectivity index (χ1n) is 3.72.